The molecule has 1 saturated carbocycles. The van der Waals surface area contributed by atoms with Gasteiger partial charge in [-0.2, -0.15) is 0 Å². The maximum atomic E-state index is 5.32. The van der Waals surface area contributed by atoms with Crippen LogP contribution in [-0.2, 0) is 6.54 Å². The molecule has 0 unspecified atom stereocenters. The predicted octanol–water partition coefficient (Wildman–Crippen LogP) is 3.36. The van der Waals surface area contributed by atoms with E-state index >= 15 is 0 Å². The molecule has 1 aliphatic rings. The van der Waals surface area contributed by atoms with Crippen LogP contribution < -0.4 is 10.6 Å². The molecule has 2 N–H and O–H groups in total. The summed E-state index contributed by atoms with van der Waals surface area (Å²) in [6.07, 6.45) is 10.9. The summed E-state index contributed by atoms with van der Waals surface area (Å²) in [5.41, 5.74) is 0. The SMILES string of the molecule is S=C(NCc1ccco1)NC1CCCCCCC1. The third-order valence-corrected chi connectivity index (χ3v) is 3.71. The van der Waals surface area contributed by atoms with Crippen LogP contribution in [-0.4, -0.2) is 11.2 Å². The van der Waals surface area contributed by atoms with Crippen LogP contribution in [0.2, 0.25) is 0 Å². The molecule has 0 atom stereocenters. The van der Waals surface area contributed by atoms with E-state index in [9.17, 15) is 0 Å². The summed E-state index contributed by atoms with van der Waals surface area (Å²) < 4.78 is 5.26. The van der Waals surface area contributed by atoms with Crippen molar-refractivity contribution in [3.8, 4) is 0 Å². The summed E-state index contributed by atoms with van der Waals surface area (Å²) in [5, 5.41) is 7.37. The lowest BCUT2D eigenvalue weighted by Crippen LogP contribution is -2.41. The van der Waals surface area contributed by atoms with Gasteiger partial charge in [0.25, 0.3) is 0 Å². The largest absolute Gasteiger partial charge is 0.467 e. The monoisotopic (exact) mass is 266 g/mol. The molecule has 1 fully saturated rings. The topological polar surface area (TPSA) is 37.2 Å². The minimum atomic E-state index is 0.543. The summed E-state index contributed by atoms with van der Waals surface area (Å²) in [4.78, 5) is 0. The van der Waals surface area contributed by atoms with Crippen molar-refractivity contribution in [3.63, 3.8) is 0 Å². The fourth-order valence-corrected chi connectivity index (χ4v) is 2.66. The number of nitrogens with one attached hydrogen (secondary N) is 2. The minimum Gasteiger partial charge on any atom is -0.467 e. The van der Waals surface area contributed by atoms with Gasteiger partial charge in [0, 0.05) is 6.04 Å². The van der Waals surface area contributed by atoms with E-state index in [0.29, 0.717) is 12.6 Å². The normalized spacial score (nSPS) is 17.8. The molecular formula is C14H22N2OS. The molecule has 1 aliphatic carbocycles. The van der Waals surface area contributed by atoms with E-state index in [-0.39, 0.29) is 0 Å². The van der Waals surface area contributed by atoms with Gasteiger partial charge in [0.15, 0.2) is 5.11 Å². The standard InChI is InChI=1S/C14H22N2OS/c18-14(15-11-13-9-6-10-17-13)16-12-7-4-2-1-3-5-8-12/h6,9-10,12H,1-5,7-8,11H2,(H2,15,16,18). The minimum absolute atomic E-state index is 0.543. The number of furan rings is 1. The van der Waals surface area contributed by atoms with Crippen LogP contribution in [0.4, 0.5) is 0 Å². The van der Waals surface area contributed by atoms with Gasteiger partial charge in [-0.25, -0.2) is 0 Å². The molecule has 18 heavy (non-hydrogen) atoms. The molecule has 0 radical (unpaired) electrons. The van der Waals surface area contributed by atoms with Crippen molar-refractivity contribution in [1.29, 1.82) is 0 Å². The van der Waals surface area contributed by atoms with E-state index in [0.717, 1.165) is 10.9 Å². The molecule has 1 aromatic rings. The Morgan fingerprint density at radius 1 is 1.22 bits per heavy atom. The molecule has 1 aromatic heterocycles. The van der Waals surface area contributed by atoms with Crippen molar-refractivity contribution in [2.45, 2.75) is 57.5 Å². The van der Waals surface area contributed by atoms with Gasteiger partial charge in [-0.1, -0.05) is 32.1 Å². The molecule has 2 rings (SSSR count). The van der Waals surface area contributed by atoms with Gasteiger partial charge in [-0.05, 0) is 37.2 Å². The molecule has 0 amide bonds. The maximum Gasteiger partial charge on any atom is 0.166 e. The molecule has 100 valence electrons. The Hall–Kier alpha value is -1.03. The van der Waals surface area contributed by atoms with E-state index < -0.39 is 0 Å². The third-order valence-electron chi connectivity index (χ3n) is 3.44. The lowest BCUT2D eigenvalue weighted by atomic mass is 9.97. The van der Waals surface area contributed by atoms with Crippen LogP contribution >= 0.6 is 12.2 Å². The molecule has 0 aliphatic heterocycles. The Bertz CT molecular complexity index is 343. The lowest BCUT2D eigenvalue weighted by molar-refractivity contribution is 0.426. The molecule has 0 bridgehead atoms. The zero-order chi connectivity index (χ0) is 12.6. The van der Waals surface area contributed by atoms with Gasteiger partial charge in [0.2, 0.25) is 0 Å². The van der Waals surface area contributed by atoms with Gasteiger partial charge in [0.1, 0.15) is 5.76 Å². The fourth-order valence-electron chi connectivity index (χ4n) is 2.42. The summed E-state index contributed by atoms with van der Waals surface area (Å²) in [5.74, 6) is 0.914. The van der Waals surface area contributed by atoms with E-state index in [1.807, 2.05) is 12.1 Å². The van der Waals surface area contributed by atoms with Crippen molar-refractivity contribution < 1.29 is 4.42 Å². The van der Waals surface area contributed by atoms with Crippen LogP contribution in [0.1, 0.15) is 50.7 Å². The van der Waals surface area contributed by atoms with E-state index in [1.165, 1.54) is 44.9 Å². The first-order valence-electron chi connectivity index (χ1n) is 6.91. The van der Waals surface area contributed by atoms with Crippen molar-refractivity contribution in [3.05, 3.63) is 24.2 Å². The van der Waals surface area contributed by atoms with Gasteiger partial charge in [-0.15, -0.1) is 0 Å². The van der Waals surface area contributed by atoms with Crippen LogP contribution in [0.25, 0.3) is 0 Å². The summed E-state index contributed by atoms with van der Waals surface area (Å²) in [6, 6.07) is 4.38. The number of hydrogen-bond donors (Lipinski definition) is 2. The highest BCUT2D eigenvalue weighted by molar-refractivity contribution is 7.80. The van der Waals surface area contributed by atoms with Crippen LogP contribution in [0.15, 0.2) is 22.8 Å². The van der Waals surface area contributed by atoms with Crippen molar-refractivity contribution in [1.82, 2.24) is 10.6 Å². The maximum absolute atomic E-state index is 5.32. The number of rotatable bonds is 3. The predicted molar refractivity (Wildman–Crippen MR) is 77.4 cm³/mol. The highest BCUT2D eigenvalue weighted by Gasteiger charge is 2.12. The quantitative estimate of drug-likeness (QED) is 0.823. The van der Waals surface area contributed by atoms with Crippen molar-refractivity contribution >= 4 is 17.3 Å². The Kier molecular flexibility index (Phi) is 5.52. The molecule has 1 heterocycles. The zero-order valence-corrected chi connectivity index (χ0v) is 11.6. The fraction of sp³-hybridized carbons (Fsp3) is 0.643. The van der Waals surface area contributed by atoms with Gasteiger partial charge in [0.05, 0.1) is 12.8 Å². The Labute approximate surface area is 114 Å². The zero-order valence-electron chi connectivity index (χ0n) is 10.8. The average molecular weight is 266 g/mol. The Balaban J connectivity index is 1.68. The molecular weight excluding hydrogens is 244 g/mol. The van der Waals surface area contributed by atoms with Crippen LogP contribution in [0.3, 0.4) is 0 Å². The Morgan fingerprint density at radius 2 is 1.94 bits per heavy atom. The summed E-state index contributed by atoms with van der Waals surface area (Å²) >= 11 is 5.32. The molecule has 0 saturated heterocycles. The van der Waals surface area contributed by atoms with Gasteiger partial charge in [-0.3, -0.25) is 0 Å². The number of thiocarbonyl (C=S) groups is 1. The van der Waals surface area contributed by atoms with E-state index in [2.05, 4.69) is 10.6 Å². The first kappa shape index (κ1) is 13.4. The van der Waals surface area contributed by atoms with Gasteiger partial charge >= 0.3 is 0 Å². The van der Waals surface area contributed by atoms with Crippen LogP contribution in [0, 0.1) is 0 Å². The smallest absolute Gasteiger partial charge is 0.166 e. The second kappa shape index (κ2) is 7.41. The second-order valence-corrected chi connectivity index (χ2v) is 5.36. The molecule has 0 spiro atoms. The highest BCUT2D eigenvalue weighted by atomic mass is 32.1. The first-order chi connectivity index (χ1) is 8.84. The lowest BCUT2D eigenvalue weighted by Gasteiger charge is -2.22. The molecule has 3 nitrogen and oxygen atoms in total. The van der Waals surface area contributed by atoms with Gasteiger partial charge < -0.3 is 15.1 Å². The van der Waals surface area contributed by atoms with Crippen molar-refractivity contribution in [2.75, 3.05) is 0 Å². The average Bonchev–Trinajstić information content (AvgIpc) is 2.83. The first-order valence-corrected chi connectivity index (χ1v) is 7.32. The van der Waals surface area contributed by atoms with Crippen LogP contribution in [0.5, 0.6) is 0 Å². The van der Waals surface area contributed by atoms with E-state index in [1.54, 1.807) is 6.26 Å². The summed E-state index contributed by atoms with van der Waals surface area (Å²) in [7, 11) is 0. The molecule has 4 heteroatoms. The van der Waals surface area contributed by atoms with E-state index in [4.69, 9.17) is 16.6 Å². The Morgan fingerprint density at radius 3 is 2.61 bits per heavy atom. The van der Waals surface area contributed by atoms with Crippen molar-refractivity contribution in [2.24, 2.45) is 0 Å². The summed E-state index contributed by atoms with van der Waals surface area (Å²) in [6.45, 7) is 0.658. The highest BCUT2D eigenvalue weighted by Crippen LogP contribution is 2.16. The number of hydrogen-bond acceptors (Lipinski definition) is 2. The molecule has 0 aromatic carbocycles. The second-order valence-electron chi connectivity index (χ2n) is 4.95. The third kappa shape index (κ3) is 4.69.